The molecule has 0 bridgehead atoms. The van der Waals surface area contributed by atoms with E-state index in [1.807, 2.05) is 42.5 Å². The van der Waals surface area contributed by atoms with E-state index in [0.717, 1.165) is 27.4 Å². The zero-order valence-corrected chi connectivity index (χ0v) is 13.1. The minimum Gasteiger partial charge on any atom is -0.388 e. The average Bonchev–Trinajstić information content (AvgIpc) is 2.54. The van der Waals surface area contributed by atoms with Crippen LogP contribution in [0.25, 0.3) is 10.9 Å². The Labute approximate surface area is 132 Å². The Bertz CT molecular complexity index is 743. The molecule has 2 aromatic carbocycles. The predicted molar refractivity (Wildman–Crippen MR) is 89.2 cm³/mol. The van der Waals surface area contributed by atoms with Crippen LogP contribution < -0.4 is 0 Å². The lowest BCUT2D eigenvalue weighted by molar-refractivity contribution is 0.169. The van der Waals surface area contributed by atoms with Crippen molar-refractivity contribution < 1.29 is 5.11 Å². The highest BCUT2D eigenvalue weighted by Crippen LogP contribution is 2.30. The Balaban J connectivity index is 1.85. The van der Waals surface area contributed by atoms with Crippen molar-refractivity contribution in [1.82, 2.24) is 4.98 Å². The summed E-state index contributed by atoms with van der Waals surface area (Å²) >= 11 is 3.53. The minimum absolute atomic E-state index is 0.504. The van der Waals surface area contributed by atoms with Gasteiger partial charge in [0, 0.05) is 21.6 Å². The fourth-order valence-electron chi connectivity index (χ4n) is 2.53. The topological polar surface area (TPSA) is 33.1 Å². The van der Waals surface area contributed by atoms with E-state index >= 15 is 0 Å². The number of pyridine rings is 1. The molecule has 1 N–H and O–H groups in total. The number of benzene rings is 2. The van der Waals surface area contributed by atoms with Crippen molar-refractivity contribution in [1.29, 1.82) is 0 Å². The van der Waals surface area contributed by atoms with E-state index in [1.165, 1.54) is 5.56 Å². The molecule has 0 amide bonds. The summed E-state index contributed by atoms with van der Waals surface area (Å²) in [6.07, 6.45) is 2.81. The van der Waals surface area contributed by atoms with Gasteiger partial charge in [0.2, 0.25) is 0 Å². The Morgan fingerprint density at radius 3 is 2.62 bits per heavy atom. The lowest BCUT2D eigenvalue weighted by atomic mass is 9.99. The predicted octanol–water partition coefficient (Wildman–Crippen LogP) is 4.66. The summed E-state index contributed by atoms with van der Waals surface area (Å²) in [5.74, 6) is 0. The van der Waals surface area contributed by atoms with Gasteiger partial charge in [-0.15, -0.1) is 0 Å². The number of nitrogens with zero attached hydrogens (tertiary/aromatic N) is 1. The van der Waals surface area contributed by atoms with Gasteiger partial charge in [-0.05, 0) is 30.5 Å². The lowest BCUT2D eigenvalue weighted by Gasteiger charge is -2.14. The first-order valence-corrected chi connectivity index (χ1v) is 7.80. The number of rotatable bonds is 4. The van der Waals surface area contributed by atoms with E-state index in [1.54, 1.807) is 6.20 Å². The first-order valence-electron chi connectivity index (χ1n) is 7.01. The van der Waals surface area contributed by atoms with Gasteiger partial charge in [0.15, 0.2) is 0 Å². The maximum atomic E-state index is 10.5. The van der Waals surface area contributed by atoms with E-state index < -0.39 is 6.10 Å². The average molecular weight is 342 g/mol. The van der Waals surface area contributed by atoms with Crippen LogP contribution in [0.3, 0.4) is 0 Å². The number of aliphatic hydroxyl groups excluding tert-OH is 1. The van der Waals surface area contributed by atoms with Gasteiger partial charge in [0.25, 0.3) is 0 Å². The molecule has 0 aliphatic heterocycles. The molecule has 106 valence electrons. The molecular weight excluding hydrogens is 326 g/mol. The maximum absolute atomic E-state index is 10.5. The molecule has 0 aliphatic rings. The van der Waals surface area contributed by atoms with Crippen LogP contribution in [0.5, 0.6) is 0 Å². The third-order valence-corrected chi connectivity index (χ3v) is 4.35. The molecule has 0 aliphatic carbocycles. The Kier molecular flexibility index (Phi) is 4.32. The van der Waals surface area contributed by atoms with Crippen molar-refractivity contribution in [3.8, 4) is 0 Å². The zero-order valence-electron chi connectivity index (χ0n) is 11.5. The van der Waals surface area contributed by atoms with Gasteiger partial charge in [-0.25, -0.2) is 0 Å². The zero-order chi connectivity index (χ0) is 14.7. The molecular formula is C18H16BrNO. The standard InChI is InChI=1S/C18H16BrNO/c19-16-10-9-15(18-14(16)7-4-12-20-18)17(21)11-8-13-5-2-1-3-6-13/h1-7,9-10,12,17,21H,8,11H2. The summed E-state index contributed by atoms with van der Waals surface area (Å²) in [6, 6.07) is 18.1. The van der Waals surface area contributed by atoms with Gasteiger partial charge in [0.05, 0.1) is 11.6 Å². The molecule has 0 fully saturated rings. The second kappa shape index (κ2) is 6.37. The van der Waals surface area contributed by atoms with E-state index in [4.69, 9.17) is 0 Å². The summed E-state index contributed by atoms with van der Waals surface area (Å²) < 4.78 is 1.00. The van der Waals surface area contributed by atoms with Gasteiger partial charge < -0.3 is 5.11 Å². The summed E-state index contributed by atoms with van der Waals surface area (Å²) in [6.45, 7) is 0. The van der Waals surface area contributed by atoms with Gasteiger partial charge in [0.1, 0.15) is 0 Å². The van der Waals surface area contributed by atoms with Crippen LogP contribution in [-0.4, -0.2) is 10.1 Å². The highest BCUT2D eigenvalue weighted by Gasteiger charge is 2.13. The van der Waals surface area contributed by atoms with Gasteiger partial charge >= 0.3 is 0 Å². The normalized spacial score (nSPS) is 12.5. The van der Waals surface area contributed by atoms with Gasteiger partial charge in [-0.3, -0.25) is 4.98 Å². The van der Waals surface area contributed by atoms with Crippen molar-refractivity contribution >= 4 is 26.8 Å². The van der Waals surface area contributed by atoms with E-state index in [-0.39, 0.29) is 0 Å². The molecule has 3 rings (SSSR count). The smallest absolute Gasteiger partial charge is 0.0814 e. The molecule has 0 saturated carbocycles. The number of aliphatic hydroxyl groups is 1. The molecule has 1 unspecified atom stereocenters. The molecule has 1 atom stereocenters. The summed E-state index contributed by atoms with van der Waals surface area (Å²) in [5, 5.41) is 11.6. The first kappa shape index (κ1) is 14.2. The van der Waals surface area contributed by atoms with Gasteiger partial charge in [-0.1, -0.05) is 58.4 Å². The molecule has 2 nitrogen and oxygen atoms in total. The fraction of sp³-hybridized carbons (Fsp3) is 0.167. The van der Waals surface area contributed by atoms with Crippen molar-refractivity contribution in [3.05, 3.63) is 76.4 Å². The highest BCUT2D eigenvalue weighted by molar-refractivity contribution is 9.10. The number of halogens is 1. The second-order valence-corrected chi connectivity index (χ2v) is 5.93. The van der Waals surface area contributed by atoms with E-state index in [9.17, 15) is 5.11 Å². The second-order valence-electron chi connectivity index (χ2n) is 5.08. The molecule has 3 heteroatoms. The Morgan fingerprint density at radius 2 is 1.81 bits per heavy atom. The number of hydrogen-bond acceptors (Lipinski definition) is 2. The number of fused-ring (bicyclic) bond motifs is 1. The van der Waals surface area contributed by atoms with E-state index in [0.29, 0.717) is 6.42 Å². The first-order chi connectivity index (χ1) is 10.3. The maximum Gasteiger partial charge on any atom is 0.0814 e. The quantitative estimate of drug-likeness (QED) is 0.748. The van der Waals surface area contributed by atoms with Crippen LogP contribution in [0.4, 0.5) is 0 Å². The third-order valence-electron chi connectivity index (χ3n) is 3.66. The van der Waals surface area contributed by atoms with Crippen molar-refractivity contribution in [2.45, 2.75) is 18.9 Å². The Hall–Kier alpha value is -1.71. The minimum atomic E-state index is -0.504. The van der Waals surface area contributed by atoms with E-state index in [2.05, 4.69) is 33.0 Å². The van der Waals surface area contributed by atoms with Crippen molar-refractivity contribution in [2.24, 2.45) is 0 Å². The van der Waals surface area contributed by atoms with Gasteiger partial charge in [-0.2, -0.15) is 0 Å². The number of aryl methyl sites for hydroxylation is 1. The van der Waals surface area contributed by atoms with Crippen LogP contribution in [0.15, 0.2) is 65.3 Å². The SMILES string of the molecule is OC(CCc1ccccc1)c1ccc(Br)c2cccnc12. The molecule has 1 heterocycles. The van der Waals surface area contributed by atoms with Crippen LogP contribution in [-0.2, 0) is 6.42 Å². The number of hydrogen-bond donors (Lipinski definition) is 1. The molecule has 21 heavy (non-hydrogen) atoms. The van der Waals surface area contributed by atoms with Crippen LogP contribution in [0, 0.1) is 0 Å². The molecule has 0 spiro atoms. The molecule has 1 aromatic heterocycles. The largest absolute Gasteiger partial charge is 0.388 e. The fourth-order valence-corrected chi connectivity index (χ4v) is 2.98. The van der Waals surface area contributed by atoms with Crippen LogP contribution in [0.2, 0.25) is 0 Å². The van der Waals surface area contributed by atoms with Crippen molar-refractivity contribution in [3.63, 3.8) is 0 Å². The molecule has 3 aromatic rings. The third kappa shape index (κ3) is 3.14. The number of aromatic nitrogens is 1. The van der Waals surface area contributed by atoms with Crippen LogP contribution >= 0.6 is 15.9 Å². The van der Waals surface area contributed by atoms with Crippen molar-refractivity contribution in [2.75, 3.05) is 0 Å². The summed E-state index contributed by atoms with van der Waals surface area (Å²) in [5.41, 5.74) is 3.00. The molecule has 0 radical (unpaired) electrons. The summed E-state index contributed by atoms with van der Waals surface area (Å²) in [7, 11) is 0. The highest BCUT2D eigenvalue weighted by atomic mass is 79.9. The Morgan fingerprint density at radius 1 is 1.00 bits per heavy atom. The monoisotopic (exact) mass is 341 g/mol. The lowest BCUT2D eigenvalue weighted by Crippen LogP contribution is -2.01. The van der Waals surface area contributed by atoms with Crippen LogP contribution in [0.1, 0.15) is 23.7 Å². The summed E-state index contributed by atoms with van der Waals surface area (Å²) in [4.78, 5) is 4.43. The molecule has 0 saturated heterocycles.